The lowest BCUT2D eigenvalue weighted by atomic mass is 10.2. The van der Waals surface area contributed by atoms with Gasteiger partial charge in [-0.3, -0.25) is 0 Å². The highest BCUT2D eigenvalue weighted by atomic mass is 15.0. The molecule has 92 valence electrons. The van der Waals surface area contributed by atoms with Gasteiger partial charge in [-0.25, -0.2) is 0 Å². The van der Waals surface area contributed by atoms with Gasteiger partial charge in [0.15, 0.2) is 0 Å². The van der Waals surface area contributed by atoms with E-state index >= 15 is 0 Å². The monoisotopic (exact) mass is 230 g/mol. The molecule has 1 aromatic heterocycles. The van der Waals surface area contributed by atoms with Gasteiger partial charge in [0, 0.05) is 30.8 Å². The van der Waals surface area contributed by atoms with Crippen molar-refractivity contribution in [1.82, 2.24) is 9.88 Å². The molecule has 0 aliphatic carbocycles. The molecule has 1 N–H and O–H groups in total. The Labute approximate surface area is 104 Å². The van der Waals surface area contributed by atoms with E-state index in [1.807, 2.05) is 0 Å². The molecular formula is C15H22N2. The molecule has 1 unspecified atom stereocenters. The SMILES string of the molecule is CCC(C)NCCn1ccc2ccc(C)cc21. The first-order chi connectivity index (χ1) is 8.20. The number of nitrogens with one attached hydrogen (secondary N) is 1. The maximum atomic E-state index is 3.53. The van der Waals surface area contributed by atoms with E-state index < -0.39 is 0 Å². The summed E-state index contributed by atoms with van der Waals surface area (Å²) in [5, 5.41) is 4.86. The second-order valence-electron chi connectivity index (χ2n) is 4.83. The summed E-state index contributed by atoms with van der Waals surface area (Å²) in [6, 6.07) is 9.43. The van der Waals surface area contributed by atoms with Crippen LogP contribution in [-0.4, -0.2) is 17.2 Å². The fraction of sp³-hybridized carbons (Fsp3) is 0.467. The third kappa shape index (κ3) is 2.89. The maximum Gasteiger partial charge on any atom is 0.0483 e. The molecule has 0 aliphatic heterocycles. The molecule has 2 heteroatoms. The van der Waals surface area contributed by atoms with Gasteiger partial charge in [-0.15, -0.1) is 0 Å². The molecule has 1 aromatic carbocycles. The van der Waals surface area contributed by atoms with Crippen molar-refractivity contribution in [3.8, 4) is 0 Å². The fourth-order valence-corrected chi connectivity index (χ4v) is 2.06. The lowest BCUT2D eigenvalue weighted by Gasteiger charge is -2.12. The average Bonchev–Trinajstić information content (AvgIpc) is 2.72. The van der Waals surface area contributed by atoms with E-state index in [1.165, 1.54) is 22.9 Å². The molecule has 1 heterocycles. The maximum absolute atomic E-state index is 3.53. The third-order valence-corrected chi connectivity index (χ3v) is 3.39. The summed E-state index contributed by atoms with van der Waals surface area (Å²) in [5.74, 6) is 0. The molecule has 0 radical (unpaired) electrons. The van der Waals surface area contributed by atoms with Gasteiger partial charge in [0.1, 0.15) is 0 Å². The average molecular weight is 230 g/mol. The summed E-state index contributed by atoms with van der Waals surface area (Å²) in [7, 11) is 0. The standard InChI is InChI=1S/C15H22N2/c1-4-13(3)16-8-10-17-9-7-14-6-5-12(2)11-15(14)17/h5-7,9,11,13,16H,4,8,10H2,1-3H3. The molecule has 0 saturated heterocycles. The van der Waals surface area contributed by atoms with Crippen molar-refractivity contribution < 1.29 is 0 Å². The highest BCUT2D eigenvalue weighted by Gasteiger charge is 2.01. The van der Waals surface area contributed by atoms with Crippen LogP contribution in [0.3, 0.4) is 0 Å². The Morgan fingerprint density at radius 1 is 1.29 bits per heavy atom. The van der Waals surface area contributed by atoms with Gasteiger partial charge >= 0.3 is 0 Å². The van der Waals surface area contributed by atoms with Crippen molar-refractivity contribution in [2.45, 2.75) is 39.8 Å². The normalized spacial score (nSPS) is 13.1. The minimum Gasteiger partial charge on any atom is -0.346 e. The second-order valence-corrected chi connectivity index (χ2v) is 4.83. The Hall–Kier alpha value is -1.28. The Kier molecular flexibility index (Phi) is 3.85. The summed E-state index contributed by atoms with van der Waals surface area (Å²) in [6.45, 7) is 8.67. The van der Waals surface area contributed by atoms with Gasteiger partial charge < -0.3 is 9.88 Å². The van der Waals surface area contributed by atoms with E-state index in [4.69, 9.17) is 0 Å². The highest BCUT2D eigenvalue weighted by Crippen LogP contribution is 2.17. The van der Waals surface area contributed by atoms with Crippen LogP contribution in [0, 0.1) is 6.92 Å². The second kappa shape index (κ2) is 5.37. The quantitative estimate of drug-likeness (QED) is 0.833. The van der Waals surface area contributed by atoms with E-state index in [1.54, 1.807) is 0 Å². The van der Waals surface area contributed by atoms with Crippen molar-refractivity contribution in [2.24, 2.45) is 0 Å². The molecule has 2 nitrogen and oxygen atoms in total. The van der Waals surface area contributed by atoms with Crippen LogP contribution in [0.4, 0.5) is 0 Å². The van der Waals surface area contributed by atoms with Crippen molar-refractivity contribution in [2.75, 3.05) is 6.54 Å². The van der Waals surface area contributed by atoms with Crippen molar-refractivity contribution >= 4 is 10.9 Å². The Balaban J connectivity index is 2.06. The number of aryl methyl sites for hydroxylation is 1. The Bertz CT molecular complexity index is 485. The number of aromatic nitrogens is 1. The summed E-state index contributed by atoms with van der Waals surface area (Å²) in [4.78, 5) is 0. The number of hydrogen-bond acceptors (Lipinski definition) is 1. The van der Waals surface area contributed by atoms with E-state index in [-0.39, 0.29) is 0 Å². The molecule has 0 saturated carbocycles. The molecule has 0 aliphatic rings. The van der Waals surface area contributed by atoms with Crippen molar-refractivity contribution in [1.29, 1.82) is 0 Å². The number of benzene rings is 1. The van der Waals surface area contributed by atoms with Gasteiger partial charge in [0.2, 0.25) is 0 Å². The molecule has 2 aromatic rings. The van der Waals surface area contributed by atoms with Gasteiger partial charge in [-0.05, 0) is 43.4 Å². The lowest BCUT2D eigenvalue weighted by molar-refractivity contribution is 0.509. The predicted molar refractivity (Wildman–Crippen MR) is 74.4 cm³/mol. The van der Waals surface area contributed by atoms with E-state index in [0.717, 1.165) is 13.1 Å². The predicted octanol–water partition coefficient (Wildman–Crippen LogP) is 3.34. The number of fused-ring (bicyclic) bond motifs is 1. The molecule has 17 heavy (non-hydrogen) atoms. The van der Waals surface area contributed by atoms with Crippen LogP contribution in [0.25, 0.3) is 10.9 Å². The summed E-state index contributed by atoms with van der Waals surface area (Å²) < 4.78 is 2.33. The zero-order valence-corrected chi connectivity index (χ0v) is 11.0. The minimum atomic E-state index is 0.610. The molecule has 0 amide bonds. The third-order valence-electron chi connectivity index (χ3n) is 3.39. The molecule has 0 bridgehead atoms. The highest BCUT2D eigenvalue weighted by molar-refractivity contribution is 5.80. The van der Waals surface area contributed by atoms with Crippen molar-refractivity contribution in [3.05, 3.63) is 36.0 Å². The number of rotatable bonds is 5. The van der Waals surface area contributed by atoms with Gasteiger partial charge in [0.05, 0.1) is 0 Å². The van der Waals surface area contributed by atoms with E-state index in [9.17, 15) is 0 Å². The number of nitrogens with zero attached hydrogens (tertiary/aromatic N) is 1. The van der Waals surface area contributed by atoms with E-state index in [2.05, 4.69) is 61.1 Å². The first-order valence-electron chi connectivity index (χ1n) is 6.49. The lowest BCUT2D eigenvalue weighted by Crippen LogP contribution is -2.28. The molecule has 0 fully saturated rings. The van der Waals surface area contributed by atoms with Crippen LogP contribution in [0.5, 0.6) is 0 Å². The molecular weight excluding hydrogens is 208 g/mol. The summed E-state index contributed by atoms with van der Waals surface area (Å²) in [6.07, 6.45) is 3.37. The van der Waals surface area contributed by atoms with Gasteiger partial charge in [0.25, 0.3) is 0 Å². The first kappa shape index (κ1) is 12.2. The molecule has 1 atom stereocenters. The van der Waals surface area contributed by atoms with Gasteiger partial charge in [-0.2, -0.15) is 0 Å². The minimum absolute atomic E-state index is 0.610. The Morgan fingerprint density at radius 2 is 2.12 bits per heavy atom. The largest absolute Gasteiger partial charge is 0.346 e. The van der Waals surface area contributed by atoms with Crippen LogP contribution in [0.2, 0.25) is 0 Å². The molecule has 0 spiro atoms. The van der Waals surface area contributed by atoms with Crippen LogP contribution < -0.4 is 5.32 Å². The van der Waals surface area contributed by atoms with Gasteiger partial charge in [-0.1, -0.05) is 19.1 Å². The zero-order valence-electron chi connectivity index (χ0n) is 11.0. The van der Waals surface area contributed by atoms with Crippen LogP contribution in [-0.2, 0) is 6.54 Å². The zero-order chi connectivity index (χ0) is 12.3. The Morgan fingerprint density at radius 3 is 2.88 bits per heavy atom. The summed E-state index contributed by atoms with van der Waals surface area (Å²) in [5.41, 5.74) is 2.67. The topological polar surface area (TPSA) is 17.0 Å². The number of hydrogen-bond donors (Lipinski definition) is 1. The van der Waals surface area contributed by atoms with Crippen LogP contribution in [0.15, 0.2) is 30.5 Å². The van der Waals surface area contributed by atoms with Crippen LogP contribution in [0.1, 0.15) is 25.8 Å². The fourth-order valence-electron chi connectivity index (χ4n) is 2.06. The smallest absolute Gasteiger partial charge is 0.0483 e. The van der Waals surface area contributed by atoms with E-state index in [0.29, 0.717) is 6.04 Å². The first-order valence-corrected chi connectivity index (χ1v) is 6.49. The summed E-state index contributed by atoms with van der Waals surface area (Å²) >= 11 is 0. The van der Waals surface area contributed by atoms with Crippen molar-refractivity contribution in [3.63, 3.8) is 0 Å². The molecule has 2 rings (SSSR count). The van der Waals surface area contributed by atoms with Crippen LogP contribution >= 0.6 is 0 Å².